The summed E-state index contributed by atoms with van der Waals surface area (Å²) in [6, 6.07) is 0.116. The molecule has 0 aromatic carbocycles. The van der Waals surface area contributed by atoms with E-state index in [2.05, 4.69) is 15.4 Å². The zero-order chi connectivity index (χ0) is 13.2. The van der Waals surface area contributed by atoms with E-state index in [0.717, 1.165) is 25.7 Å². The van der Waals surface area contributed by atoms with Crippen molar-refractivity contribution in [2.24, 2.45) is 5.73 Å². The number of nitrogens with one attached hydrogen (secondary N) is 1. The van der Waals surface area contributed by atoms with Crippen LogP contribution in [0, 0.1) is 0 Å². The molecule has 0 bridgehead atoms. The van der Waals surface area contributed by atoms with Crippen molar-refractivity contribution in [2.75, 3.05) is 0 Å². The fourth-order valence-electron chi connectivity index (χ4n) is 2.59. The van der Waals surface area contributed by atoms with Gasteiger partial charge in [-0.05, 0) is 12.8 Å². The van der Waals surface area contributed by atoms with Gasteiger partial charge in [-0.3, -0.25) is 9.78 Å². The van der Waals surface area contributed by atoms with Gasteiger partial charge in [0.15, 0.2) is 0 Å². The van der Waals surface area contributed by atoms with Crippen molar-refractivity contribution in [3.63, 3.8) is 0 Å². The number of carbonyl (C=O) groups excluding carboxylic acids is 1. The average molecular weight is 259 g/mol. The third kappa shape index (κ3) is 2.31. The second-order valence-electron chi connectivity index (χ2n) is 4.99. The zero-order valence-corrected chi connectivity index (χ0v) is 10.6. The second kappa shape index (κ2) is 4.97. The molecule has 2 aromatic rings. The fraction of sp³-hybridized carbons (Fsp3) is 0.462. The van der Waals surface area contributed by atoms with Crippen molar-refractivity contribution in [1.82, 2.24) is 19.9 Å². The number of fused-ring (bicyclic) bond motifs is 1. The first-order valence-corrected chi connectivity index (χ1v) is 6.59. The lowest BCUT2D eigenvalue weighted by Gasteiger charge is -2.29. The van der Waals surface area contributed by atoms with Crippen LogP contribution < -0.4 is 11.1 Å². The third-order valence-corrected chi connectivity index (χ3v) is 3.71. The Morgan fingerprint density at radius 1 is 1.37 bits per heavy atom. The van der Waals surface area contributed by atoms with E-state index >= 15 is 0 Å². The average Bonchev–Trinajstić information content (AvgIpc) is 2.85. The summed E-state index contributed by atoms with van der Waals surface area (Å²) in [7, 11) is 0. The normalized spacial score (nSPS) is 23.4. The molecule has 2 aromatic heterocycles. The largest absolute Gasteiger partial charge is 0.348 e. The Morgan fingerprint density at radius 3 is 3.05 bits per heavy atom. The number of aromatic nitrogens is 3. The molecule has 3 rings (SSSR count). The van der Waals surface area contributed by atoms with Gasteiger partial charge in [0.05, 0.1) is 23.5 Å². The summed E-state index contributed by atoms with van der Waals surface area (Å²) in [6.45, 7) is 0. The molecule has 19 heavy (non-hydrogen) atoms. The number of nitrogens with two attached hydrogens (primary N) is 1. The summed E-state index contributed by atoms with van der Waals surface area (Å²) in [5.74, 6) is -0.120. The molecule has 1 aliphatic rings. The van der Waals surface area contributed by atoms with Gasteiger partial charge >= 0.3 is 0 Å². The minimum absolute atomic E-state index is 0.0534. The van der Waals surface area contributed by atoms with E-state index in [1.807, 2.05) is 0 Å². The van der Waals surface area contributed by atoms with Crippen molar-refractivity contribution < 1.29 is 4.79 Å². The van der Waals surface area contributed by atoms with Crippen LogP contribution in [0.2, 0.25) is 0 Å². The Hall–Kier alpha value is -1.95. The Bertz CT molecular complexity index is 593. The van der Waals surface area contributed by atoms with Crippen LogP contribution in [0.5, 0.6) is 0 Å². The lowest BCUT2D eigenvalue weighted by molar-refractivity contribution is 0.0923. The molecule has 0 spiro atoms. The zero-order valence-electron chi connectivity index (χ0n) is 10.6. The lowest BCUT2D eigenvalue weighted by atomic mass is 9.91. The van der Waals surface area contributed by atoms with Crippen molar-refractivity contribution >= 4 is 11.4 Å². The minimum atomic E-state index is -0.120. The van der Waals surface area contributed by atoms with Crippen molar-refractivity contribution in [3.05, 3.63) is 30.4 Å². The Labute approximate surface area is 111 Å². The van der Waals surface area contributed by atoms with Crippen molar-refractivity contribution in [3.8, 4) is 0 Å². The summed E-state index contributed by atoms with van der Waals surface area (Å²) in [4.78, 5) is 16.3. The van der Waals surface area contributed by atoms with Gasteiger partial charge in [0.1, 0.15) is 0 Å². The highest BCUT2D eigenvalue weighted by Gasteiger charge is 2.24. The number of carbonyl (C=O) groups is 1. The maximum atomic E-state index is 12.3. The molecule has 6 nitrogen and oxygen atoms in total. The highest BCUT2D eigenvalue weighted by Crippen LogP contribution is 2.18. The maximum Gasteiger partial charge on any atom is 0.255 e. The molecular weight excluding hydrogens is 242 g/mol. The minimum Gasteiger partial charge on any atom is -0.348 e. The number of nitrogens with zero attached hydrogens (tertiary/aromatic N) is 3. The third-order valence-electron chi connectivity index (χ3n) is 3.71. The van der Waals surface area contributed by atoms with E-state index in [1.165, 1.54) is 0 Å². The van der Waals surface area contributed by atoms with Crippen LogP contribution in [0.15, 0.2) is 24.8 Å². The molecule has 1 saturated carbocycles. The number of amides is 1. The van der Waals surface area contributed by atoms with Crippen LogP contribution in [0.4, 0.5) is 0 Å². The molecule has 1 fully saturated rings. The summed E-state index contributed by atoms with van der Waals surface area (Å²) in [6.07, 6.45) is 10.8. The molecule has 2 atom stereocenters. The Balaban J connectivity index is 1.80. The van der Waals surface area contributed by atoms with Gasteiger partial charge in [-0.2, -0.15) is 5.10 Å². The number of hydrogen-bond donors (Lipinski definition) is 2. The standard InChI is InChI=1S/C13H17N5O/c14-10-3-1-2-4-11(10)17-13(19)9-7-16-18-6-5-15-8-12(9)18/h5-8,10-11H,1-4,14H2,(H,17,19). The molecule has 0 radical (unpaired) electrons. The summed E-state index contributed by atoms with van der Waals surface area (Å²) in [5.41, 5.74) is 7.30. The van der Waals surface area contributed by atoms with E-state index in [0.29, 0.717) is 11.1 Å². The summed E-state index contributed by atoms with van der Waals surface area (Å²) in [5, 5.41) is 7.15. The predicted molar refractivity (Wildman–Crippen MR) is 70.7 cm³/mol. The molecular formula is C13H17N5O. The van der Waals surface area contributed by atoms with Gasteiger partial charge in [-0.15, -0.1) is 0 Å². The maximum absolute atomic E-state index is 12.3. The van der Waals surface area contributed by atoms with Gasteiger partial charge in [-0.1, -0.05) is 12.8 Å². The molecule has 1 amide bonds. The molecule has 100 valence electrons. The van der Waals surface area contributed by atoms with Crippen molar-refractivity contribution in [2.45, 2.75) is 37.8 Å². The van der Waals surface area contributed by atoms with Crippen LogP contribution in [0.3, 0.4) is 0 Å². The first-order valence-electron chi connectivity index (χ1n) is 6.59. The molecule has 6 heteroatoms. The van der Waals surface area contributed by atoms with E-state index < -0.39 is 0 Å². The molecule has 3 N–H and O–H groups in total. The highest BCUT2D eigenvalue weighted by atomic mass is 16.1. The topological polar surface area (TPSA) is 85.3 Å². The van der Waals surface area contributed by atoms with Gasteiger partial charge in [0, 0.05) is 24.5 Å². The van der Waals surface area contributed by atoms with E-state index in [1.54, 1.807) is 29.3 Å². The highest BCUT2D eigenvalue weighted by molar-refractivity contribution is 6.00. The van der Waals surface area contributed by atoms with E-state index in [-0.39, 0.29) is 18.0 Å². The van der Waals surface area contributed by atoms with Crippen LogP contribution >= 0.6 is 0 Å². The molecule has 2 heterocycles. The monoisotopic (exact) mass is 259 g/mol. The van der Waals surface area contributed by atoms with Crippen LogP contribution in [-0.2, 0) is 0 Å². The van der Waals surface area contributed by atoms with Crippen LogP contribution in [0.25, 0.3) is 5.52 Å². The number of rotatable bonds is 2. The smallest absolute Gasteiger partial charge is 0.255 e. The van der Waals surface area contributed by atoms with Crippen molar-refractivity contribution in [1.29, 1.82) is 0 Å². The molecule has 0 aliphatic heterocycles. The Morgan fingerprint density at radius 2 is 2.21 bits per heavy atom. The van der Waals surface area contributed by atoms with Gasteiger partial charge in [0.2, 0.25) is 0 Å². The van der Waals surface area contributed by atoms with Gasteiger partial charge < -0.3 is 11.1 Å². The van der Waals surface area contributed by atoms with Crippen LogP contribution in [0.1, 0.15) is 36.0 Å². The Kier molecular flexibility index (Phi) is 3.16. The van der Waals surface area contributed by atoms with Gasteiger partial charge in [-0.25, -0.2) is 4.52 Å². The molecule has 1 aliphatic carbocycles. The SMILES string of the molecule is NC1CCCCC1NC(=O)c1cnn2ccncc12. The number of hydrogen-bond acceptors (Lipinski definition) is 4. The quantitative estimate of drug-likeness (QED) is 0.832. The first-order chi connectivity index (χ1) is 9.25. The van der Waals surface area contributed by atoms with E-state index in [9.17, 15) is 4.79 Å². The summed E-state index contributed by atoms with van der Waals surface area (Å²) < 4.78 is 1.64. The molecule has 0 saturated heterocycles. The van der Waals surface area contributed by atoms with Gasteiger partial charge in [0.25, 0.3) is 5.91 Å². The van der Waals surface area contributed by atoms with E-state index in [4.69, 9.17) is 5.73 Å². The lowest BCUT2D eigenvalue weighted by Crippen LogP contribution is -2.49. The summed E-state index contributed by atoms with van der Waals surface area (Å²) >= 11 is 0. The predicted octanol–water partition coefficient (Wildman–Crippen LogP) is 0.729. The molecule has 2 unspecified atom stereocenters. The van der Waals surface area contributed by atoms with Crippen LogP contribution in [-0.4, -0.2) is 32.6 Å². The fourth-order valence-corrected chi connectivity index (χ4v) is 2.59. The second-order valence-corrected chi connectivity index (χ2v) is 4.99. The first kappa shape index (κ1) is 12.1.